The second-order valence-corrected chi connectivity index (χ2v) is 5.56. The summed E-state index contributed by atoms with van der Waals surface area (Å²) in [6, 6.07) is 5.66. The van der Waals surface area contributed by atoms with E-state index < -0.39 is 0 Å². The Hall–Kier alpha value is -1.16. The van der Waals surface area contributed by atoms with Crippen LogP contribution >= 0.6 is 15.9 Å². The van der Waals surface area contributed by atoms with E-state index in [-0.39, 0.29) is 16.5 Å². The Labute approximate surface area is 109 Å². The van der Waals surface area contributed by atoms with Crippen molar-refractivity contribution < 1.29 is 4.79 Å². The summed E-state index contributed by atoms with van der Waals surface area (Å²) in [6.45, 7) is 4.05. The average Bonchev–Trinajstić information content (AvgIpc) is 2.68. The van der Waals surface area contributed by atoms with Gasteiger partial charge in [0.05, 0.1) is 22.2 Å². The number of fused-ring (bicyclic) bond motifs is 1. The Morgan fingerprint density at radius 2 is 2.12 bits per heavy atom. The van der Waals surface area contributed by atoms with Crippen molar-refractivity contribution in [2.45, 2.75) is 18.7 Å². The minimum atomic E-state index is -0.135. The molecule has 0 saturated carbocycles. The number of rotatable bonds is 3. The lowest BCUT2D eigenvalue weighted by Gasteiger charge is -2.12. The SMILES string of the molecule is CC(C)C(Br)C(=O)c1ccc2c(c1)ncn2C. The van der Waals surface area contributed by atoms with E-state index in [0.29, 0.717) is 5.56 Å². The molecule has 0 amide bonds. The number of aromatic nitrogens is 2. The summed E-state index contributed by atoms with van der Waals surface area (Å²) < 4.78 is 1.94. The van der Waals surface area contributed by atoms with Gasteiger partial charge in [0, 0.05) is 12.6 Å². The summed E-state index contributed by atoms with van der Waals surface area (Å²) in [5, 5.41) is 0. The van der Waals surface area contributed by atoms with Gasteiger partial charge in [-0.1, -0.05) is 29.8 Å². The number of hydrogen-bond donors (Lipinski definition) is 0. The van der Waals surface area contributed by atoms with Crippen LogP contribution in [0.15, 0.2) is 24.5 Å². The van der Waals surface area contributed by atoms with E-state index in [2.05, 4.69) is 20.9 Å². The molecule has 0 radical (unpaired) electrons. The molecule has 0 bridgehead atoms. The maximum absolute atomic E-state index is 12.2. The van der Waals surface area contributed by atoms with Gasteiger partial charge >= 0.3 is 0 Å². The van der Waals surface area contributed by atoms with Crippen molar-refractivity contribution >= 4 is 32.7 Å². The fourth-order valence-electron chi connectivity index (χ4n) is 1.75. The van der Waals surface area contributed by atoms with Gasteiger partial charge in [0.1, 0.15) is 0 Å². The predicted molar refractivity (Wildman–Crippen MR) is 72.6 cm³/mol. The minimum absolute atomic E-state index is 0.118. The molecular formula is C13H15BrN2O. The van der Waals surface area contributed by atoms with E-state index in [9.17, 15) is 4.79 Å². The molecule has 1 atom stereocenters. The van der Waals surface area contributed by atoms with E-state index >= 15 is 0 Å². The molecule has 0 fully saturated rings. The molecule has 1 unspecified atom stereocenters. The molecule has 4 heteroatoms. The van der Waals surface area contributed by atoms with Crippen LogP contribution in [0.5, 0.6) is 0 Å². The summed E-state index contributed by atoms with van der Waals surface area (Å²) in [6.07, 6.45) is 1.76. The van der Waals surface area contributed by atoms with Crippen molar-refractivity contribution in [2.24, 2.45) is 13.0 Å². The number of hydrogen-bond acceptors (Lipinski definition) is 2. The van der Waals surface area contributed by atoms with E-state index in [0.717, 1.165) is 11.0 Å². The zero-order chi connectivity index (χ0) is 12.6. The molecule has 2 aromatic rings. The Bertz CT molecular complexity index is 560. The first kappa shape index (κ1) is 12.3. The number of benzene rings is 1. The fourth-order valence-corrected chi connectivity index (χ4v) is 2.02. The normalized spacial score (nSPS) is 13.2. The van der Waals surface area contributed by atoms with Crippen LogP contribution in [0.3, 0.4) is 0 Å². The van der Waals surface area contributed by atoms with Crippen molar-refractivity contribution in [3.63, 3.8) is 0 Å². The Morgan fingerprint density at radius 3 is 2.76 bits per heavy atom. The highest BCUT2D eigenvalue weighted by Crippen LogP contribution is 2.20. The number of ketones is 1. The molecule has 0 aliphatic heterocycles. The number of carbonyl (C=O) groups is 1. The smallest absolute Gasteiger partial charge is 0.176 e. The van der Waals surface area contributed by atoms with Crippen LogP contribution in [0, 0.1) is 5.92 Å². The van der Waals surface area contributed by atoms with Crippen molar-refractivity contribution in [3.8, 4) is 0 Å². The lowest BCUT2D eigenvalue weighted by atomic mass is 10.0. The maximum atomic E-state index is 12.2. The average molecular weight is 295 g/mol. The molecule has 1 aromatic heterocycles. The third kappa shape index (κ3) is 2.27. The molecule has 0 spiro atoms. The van der Waals surface area contributed by atoms with Crippen LogP contribution in [0.1, 0.15) is 24.2 Å². The lowest BCUT2D eigenvalue weighted by Crippen LogP contribution is -2.19. The predicted octanol–water partition coefficient (Wildman–Crippen LogP) is 3.18. The van der Waals surface area contributed by atoms with Crippen LogP contribution in [-0.2, 0) is 7.05 Å². The molecule has 0 saturated heterocycles. The van der Waals surface area contributed by atoms with Gasteiger partial charge in [-0.2, -0.15) is 0 Å². The first-order valence-electron chi connectivity index (χ1n) is 5.60. The minimum Gasteiger partial charge on any atom is -0.334 e. The Morgan fingerprint density at radius 1 is 1.41 bits per heavy atom. The first-order chi connectivity index (χ1) is 8.00. The molecule has 0 aliphatic rings. The Kier molecular flexibility index (Phi) is 3.33. The monoisotopic (exact) mass is 294 g/mol. The van der Waals surface area contributed by atoms with Crippen LogP contribution in [0.2, 0.25) is 0 Å². The number of Topliss-reactive ketones (excluding diaryl/α,β-unsaturated/α-hetero) is 1. The maximum Gasteiger partial charge on any atom is 0.176 e. The lowest BCUT2D eigenvalue weighted by molar-refractivity contribution is 0.0978. The second-order valence-electron chi connectivity index (χ2n) is 4.57. The van der Waals surface area contributed by atoms with Gasteiger partial charge in [0.2, 0.25) is 0 Å². The van der Waals surface area contributed by atoms with E-state index in [1.165, 1.54) is 0 Å². The van der Waals surface area contributed by atoms with Gasteiger partial charge < -0.3 is 4.57 Å². The molecule has 1 aromatic carbocycles. The van der Waals surface area contributed by atoms with E-state index in [1.54, 1.807) is 6.33 Å². The highest BCUT2D eigenvalue weighted by molar-refractivity contribution is 9.10. The molecule has 1 heterocycles. The number of nitrogens with zero attached hydrogens (tertiary/aromatic N) is 2. The van der Waals surface area contributed by atoms with Crippen LogP contribution < -0.4 is 0 Å². The van der Waals surface area contributed by atoms with Crippen molar-refractivity contribution in [2.75, 3.05) is 0 Å². The Balaban J connectivity index is 2.40. The molecule has 0 N–H and O–H groups in total. The zero-order valence-corrected chi connectivity index (χ0v) is 11.7. The summed E-state index contributed by atoms with van der Waals surface area (Å²) in [4.78, 5) is 16.3. The summed E-state index contributed by atoms with van der Waals surface area (Å²) in [5.41, 5.74) is 2.62. The number of halogens is 1. The first-order valence-corrected chi connectivity index (χ1v) is 6.51. The standard InChI is InChI=1S/C13H15BrN2O/c1-8(2)12(14)13(17)9-4-5-11-10(6-9)15-7-16(11)3/h4-8,12H,1-3H3. The molecule has 90 valence electrons. The molecule has 0 aliphatic carbocycles. The molecule has 17 heavy (non-hydrogen) atoms. The number of aryl methyl sites for hydroxylation is 1. The van der Waals surface area contributed by atoms with E-state index in [1.807, 2.05) is 43.7 Å². The summed E-state index contributed by atoms with van der Waals surface area (Å²) in [7, 11) is 1.94. The van der Waals surface area contributed by atoms with Crippen LogP contribution in [0.25, 0.3) is 11.0 Å². The molecular weight excluding hydrogens is 280 g/mol. The topological polar surface area (TPSA) is 34.9 Å². The van der Waals surface area contributed by atoms with E-state index in [4.69, 9.17) is 0 Å². The van der Waals surface area contributed by atoms with Crippen molar-refractivity contribution in [1.82, 2.24) is 9.55 Å². The summed E-state index contributed by atoms with van der Waals surface area (Å²) >= 11 is 3.44. The highest BCUT2D eigenvalue weighted by Gasteiger charge is 2.20. The van der Waals surface area contributed by atoms with Gasteiger partial charge in [0.15, 0.2) is 5.78 Å². The van der Waals surface area contributed by atoms with Gasteiger partial charge in [-0.15, -0.1) is 0 Å². The van der Waals surface area contributed by atoms with Gasteiger partial charge in [-0.3, -0.25) is 4.79 Å². The quantitative estimate of drug-likeness (QED) is 0.644. The summed E-state index contributed by atoms with van der Waals surface area (Å²) in [5.74, 6) is 0.398. The number of imidazole rings is 1. The third-order valence-electron chi connectivity index (χ3n) is 2.85. The number of alkyl halides is 1. The number of carbonyl (C=O) groups excluding carboxylic acids is 1. The van der Waals surface area contributed by atoms with Gasteiger partial charge in [-0.25, -0.2) is 4.98 Å². The van der Waals surface area contributed by atoms with Crippen molar-refractivity contribution in [1.29, 1.82) is 0 Å². The highest BCUT2D eigenvalue weighted by atomic mass is 79.9. The van der Waals surface area contributed by atoms with Crippen LogP contribution in [0.4, 0.5) is 0 Å². The zero-order valence-electron chi connectivity index (χ0n) is 10.1. The molecule has 3 nitrogen and oxygen atoms in total. The van der Waals surface area contributed by atoms with Gasteiger partial charge in [-0.05, 0) is 24.1 Å². The largest absolute Gasteiger partial charge is 0.334 e. The molecule has 2 rings (SSSR count). The third-order valence-corrected chi connectivity index (χ3v) is 4.32. The fraction of sp³-hybridized carbons (Fsp3) is 0.385. The van der Waals surface area contributed by atoms with Crippen LogP contribution in [-0.4, -0.2) is 20.2 Å². The second kappa shape index (κ2) is 4.61. The van der Waals surface area contributed by atoms with Crippen molar-refractivity contribution in [3.05, 3.63) is 30.1 Å². The van der Waals surface area contributed by atoms with Gasteiger partial charge in [0.25, 0.3) is 0 Å².